The molecule has 104 valence electrons. The summed E-state index contributed by atoms with van der Waals surface area (Å²) in [7, 11) is 2.03. The summed E-state index contributed by atoms with van der Waals surface area (Å²) < 4.78 is 6.20. The number of hydrogen-bond donors (Lipinski definition) is 1. The van der Waals surface area contributed by atoms with Gasteiger partial charge in [0, 0.05) is 11.6 Å². The topological polar surface area (TPSA) is 32.7 Å². The van der Waals surface area contributed by atoms with Crippen LogP contribution in [0.4, 0.5) is 0 Å². The lowest BCUT2D eigenvalue weighted by Crippen LogP contribution is -2.27. The van der Waals surface area contributed by atoms with Gasteiger partial charge in [-0.3, -0.25) is 4.90 Å². The van der Waals surface area contributed by atoms with Crippen molar-refractivity contribution in [2.24, 2.45) is 0 Å². The van der Waals surface area contributed by atoms with Crippen LogP contribution < -0.4 is 0 Å². The van der Waals surface area contributed by atoms with Crippen molar-refractivity contribution in [1.29, 1.82) is 0 Å². The lowest BCUT2D eigenvalue weighted by Gasteiger charge is -2.21. The maximum Gasteiger partial charge on any atom is 0.141 e. The van der Waals surface area contributed by atoms with Crippen LogP contribution in [-0.4, -0.2) is 23.1 Å². The highest BCUT2D eigenvalue weighted by atomic mass is 16.5. The van der Waals surface area contributed by atoms with E-state index in [-0.39, 0.29) is 24.1 Å². The molecule has 1 heterocycles. The molecule has 0 bridgehead atoms. The van der Waals surface area contributed by atoms with E-state index in [0.717, 1.165) is 5.56 Å². The van der Waals surface area contributed by atoms with E-state index in [2.05, 4.69) is 24.0 Å². The number of para-hydroxylation sites is 1. The summed E-state index contributed by atoms with van der Waals surface area (Å²) in [5.41, 5.74) is 1.99. The number of likely N-dealkylation sites (N-methyl/N-ethyl adjacent to an activating group) is 1. The molecule has 0 saturated carbocycles. The van der Waals surface area contributed by atoms with E-state index >= 15 is 0 Å². The molecule has 3 atom stereocenters. The molecule has 3 nitrogen and oxygen atoms in total. The Morgan fingerprint density at radius 1 is 1.00 bits per heavy atom. The van der Waals surface area contributed by atoms with Crippen LogP contribution in [0.3, 0.4) is 0 Å². The minimum atomic E-state index is -0.212. The van der Waals surface area contributed by atoms with Gasteiger partial charge in [0.1, 0.15) is 18.1 Å². The second-order valence-corrected chi connectivity index (χ2v) is 5.28. The van der Waals surface area contributed by atoms with Gasteiger partial charge in [-0.05, 0) is 25.6 Å². The monoisotopic (exact) mass is 269 g/mol. The van der Waals surface area contributed by atoms with Gasteiger partial charge in [0.2, 0.25) is 0 Å². The van der Waals surface area contributed by atoms with Crippen molar-refractivity contribution in [3.8, 4) is 5.75 Å². The number of nitrogens with zero attached hydrogens (tertiary/aromatic N) is 1. The molecular weight excluding hydrogens is 250 g/mol. The normalized spacial score (nSPS) is 26.8. The minimum absolute atomic E-state index is 0.0193. The molecule has 1 aliphatic heterocycles. The van der Waals surface area contributed by atoms with Gasteiger partial charge in [0.05, 0.1) is 0 Å². The highest BCUT2D eigenvalue weighted by Gasteiger charge is 2.39. The summed E-state index contributed by atoms with van der Waals surface area (Å²) in [6.07, 6.45) is -0.192. The Kier molecular flexibility index (Phi) is 3.47. The minimum Gasteiger partial charge on any atom is -0.508 e. The molecule has 1 aliphatic rings. The smallest absolute Gasteiger partial charge is 0.141 e. The van der Waals surface area contributed by atoms with E-state index in [1.807, 2.05) is 43.4 Å². The molecule has 0 aliphatic carbocycles. The van der Waals surface area contributed by atoms with Crippen molar-refractivity contribution in [1.82, 2.24) is 4.90 Å². The van der Waals surface area contributed by atoms with Crippen molar-refractivity contribution < 1.29 is 9.84 Å². The molecule has 0 unspecified atom stereocenters. The lowest BCUT2D eigenvalue weighted by atomic mass is 10.0. The highest BCUT2D eigenvalue weighted by Crippen LogP contribution is 2.43. The fraction of sp³-hybridized carbons (Fsp3) is 0.294. The third-order valence-electron chi connectivity index (χ3n) is 4.06. The number of hydrogen-bond acceptors (Lipinski definition) is 3. The van der Waals surface area contributed by atoms with Crippen LogP contribution in [-0.2, 0) is 4.74 Å². The fourth-order valence-electron chi connectivity index (χ4n) is 2.76. The number of rotatable bonds is 2. The molecule has 3 heteroatoms. The Bertz CT molecular complexity index is 585. The number of benzene rings is 2. The van der Waals surface area contributed by atoms with Gasteiger partial charge in [-0.15, -0.1) is 0 Å². The van der Waals surface area contributed by atoms with Crippen LogP contribution in [0.25, 0.3) is 0 Å². The molecule has 2 aromatic rings. The van der Waals surface area contributed by atoms with Crippen LogP contribution in [0.5, 0.6) is 5.75 Å². The molecule has 2 aromatic carbocycles. The van der Waals surface area contributed by atoms with E-state index < -0.39 is 0 Å². The zero-order valence-electron chi connectivity index (χ0n) is 11.7. The molecule has 1 fully saturated rings. The molecule has 3 rings (SSSR count). The number of phenols is 1. The van der Waals surface area contributed by atoms with Crippen molar-refractivity contribution in [2.45, 2.75) is 25.3 Å². The van der Waals surface area contributed by atoms with Gasteiger partial charge >= 0.3 is 0 Å². The molecule has 0 aromatic heterocycles. The molecule has 0 spiro atoms. The molecule has 0 radical (unpaired) electrons. The quantitative estimate of drug-likeness (QED) is 0.906. The molecule has 20 heavy (non-hydrogen) atoms. The molecule has 0 amide bonds. The summed E-state index contributed by atoms with van der Waals surface area (Å²) in [5.74, 6) is 0.283. The first kappa shape index (κ1) is 13.2. The fourth-order valence-corrected chi connectivity index (χ4v) is 2.76. The van der Waals surface area contributed by atoms with E-state index in [1.165, 1.54) is 5.56 Å². The van der Waals surface area contributed by atoms with Gasteiger partial charge in [0.25, 0.3) is 0 Å². The van der Waals surface area contributed by atoms with Crippen LogP contribution in [0.1, 0.15) is 30.4 Å². The molecule has 1 N–H and O–H groups in total. The maximum absolute atomic E-state index is 10.0. The zero-order valence-corrected chi connectivity index (χ0v) is 11.7. The first-order valence-electron chi connectivity index (χ1n) is 6.88. The average Bonchev–Trinajstić information content (AvgIpc) is 2.77. The van der Waals surface area contributed by atoms with Crippen molar-refractivity contribution in [2.75, 3.05) is 7.05 Å². The van der Waals surface area contributed by atoms with E-state index in [1.54, 1.807) is 6.07 Å². The second-order valence-electron chi connectivity index (χ2n) is 5.28. The van der Waals surface area contributed by atoms with Crippen molar-refractivity contribution in [3.63, 3.8) is 0 Å². The maximum atomic E-state index is 10.0. The predicted molar refractivity (Wildman–Crippen MR) is 78.3 cm³/mol. The van der Waals surface area contributed by atoms with Gasteiger partial charge in [-0.2, -0.15) is 0 Å². The largest absolute Gasteiger partial charge is 0.508 e. The Balaban J connectivity index is 1.91. The Hall–Kier alpha value is -1.84. The predicted octanol–water partition coefficient (Wildman–Crippen LogP) is 3.48. The highest BCUT2D eigenvalue weighted by molar-refractivity contribution is 5.34. The van der Waals surface area contributed by atoms with Crippen molar-refractivity contribution >= 4 is 0 Å². The molecule has 1 saturated heterocycles. The Labute approximate surface area is 119 Å². The van der Waals surface area contributed by atoms with Crippen LogP contribution in [0.15, 0.2) is 54.6 Å². The average molecular weight is 269 g/mol. The SMILES string of the molecule is C[C@@H]1[C@H](c2ccccc2)O[C@@H](c2ccccc2O)N1C. The van der Waals surface area contributed by atoms with Gasteiger partial charge in [-0.1, -0.05) is 48.5 Å². The van der Waals surface area contributed by atoms with E-state index in [9.17, 15) is 5.11 Å². The Morgan fingerprint density at radius 2 is 1.65 bits per heavy atom. The van der Waals surface area contributed by atoms with E-state index in [0.29, 0.717) is 0 Å². The summed E-state index contributed by atoms with van der Waals surface area (Å²) in [5, 5.41) is 10.0. The van der Waals surface area contributed by atoms with Crippen molar-refractivity contribution in [3.05, 3.63) is 65.7 Å². The van der Waals surface area contributed by atoms with E-state index in [4.69, 9.17) is 4.74 Å². The van der Waals surface area contributed by atoms with Gasteiger partial charge in [0.15, 0.2) is 0 Å². The summed E-state index contributed by atoms with van der Waals surface area (Å²) in [4.78, 5) is 2.16. The summed E-state index contributed by atoms with van der Waals surface area (Å²) in [6.45, 7) is 2.15. The lowest BCUT2D eigenvalue weighted by molar-refractivity contribution is 0.00418. The van der Waals surface area contributed by atoms with Crippen LogP contribution in [0.2, 0.25) is 0 Å². The Morgan fingerprint density at radius 3 is 2.35 bits per heavy atom. The number of aromatic hydroxyl groups is 1. The number of ether oxygens (including phenoxy) is 1. The first-order valence-corrected chi connectivity index (χ1v) is 6.88. The first-order chi connectivity index (χ1) is 9.68. The summed E-state index contributed by atoms with van der Waals surface area (Å²) >= 11 is 0. The zero-order chi connectivity index (χ0) is 14.1. The van der Waals surface area contributed by atoms with Gasteiger partial charge < -0.3 is 9.84 Å². The summed E-state index contributed by atoms with van der Waals surface area (Å²) in [6, 6.07) is 17.8. The third kappa shape index (κ3) is 2.19. The second kappa shape index (κ2) is 5.27. The number of phenolic OH excluding ortho intramolecular Hbond substituents is 1. The molecular formula is C17H19NO2. The standard InChI is InChI=1S/C17H19NO2/c1-12-16(13-8-4-3-5-9-13)20-17(18(12)2)14-10-6-7-11-15(14)19/h3-12,16-17,19H,1-2H3/t12-,16-,17+/m1/s1. The van der Waals surface area contributed by atoms with Crippen LogP contribution >= 0.6 is 0 Å². The van der Waals surface area contributed by atoms with Crippen LogP contribution in [0, 0.1) is 0 Å². The third-order valence-corrected chi connectivity index (χ3v) is 4.06. The van der Waals surface area contributed by atoms with Gasteiger partial charge in [-0.25, -0.2) is 0 Å².